The lowest BCUT2D eigenvalue weighted by molar-refractivity contribution is -0.137. The molecule has 1 aromatic rings. The number of hydrogen-bond donors (Lipinski definition) is 0. The van der Waals surface area contributed by atoms with Crippen LogP contribution in [0.3, 0.4) is 0 Å². The highest BCUT2D eigenvalue weighted by atomic mass is 79.9. The Morgan fingerprint density at radius 2 is 1.70 bits per heavy atom. The summed E-state index contributed by atoms with van der Waals surface area (Å²) in [6.07, 6.45) is 4.30. The van der Waals surface area contributed by atoms with Gasteiger partial charge >= 0.3 is 6.18 Å². The van der Waals surface area contributed by atoms with Crippen LogP contribution in [0.1, 0.15) is 49.7 Å². The Morgan fingerprint density at radius 1 is 1.10 bits per heavy atom. The van der Waals surface area contributed by atoms with Crippen molar-refractivity contribution in [1.82, 2.24) is 0 Å². The quantitative estimate of drug-likeness (QED) is 0.574. The highest BCUT2D eigenvalue weighted by Crippen LogP contribution is 2.31. The van der Waals surface area contributed by atoms with E-state index in [1.54, 1.807) is 12.1 Å². The van der Waals surface area contributed by atoms with Crippen molar-refractivity contribution in [1.29, 1.82) is 0 Å². The molecule has 1 aliphatic carbocycles. The lowest BCUT2D eigenvalue weighted by Crippen LogP contribution is -2.07. The normalized spacial score (nSPS) is 18.4. The monoisotopic (exact) mass is 348 g/mol. The number of hydrogen-bond acceptors (Lipinski definition) is 0. The molecule has 0 bridgehead atoms. The Balaban J connectivity index is 1.80. The number of halogens is 4. The summed E-state index contributed by atoms with van der Waals surface area (Å²) in [5.41, 5.74) is 0.393. The molecule has 1 aromatic carbocycles. The predicted molar refractivity (Wildman–Crippen MR) is 79.1 cm³/mol. The predicted octanol–water partition coefficient (Wildman–Crippen LogP) is 5.98. The van der Waals surface area contributed by atoms with E-state index in [0.717, 1.165) is 24.3 Å². The van der Waals surface area contributed by atoms with Gasteiger partial charge in [0.25, 0.3) is 0 Å². The zero-order chi connectivity index (χ0) is 14.6. The summed E-state index contributed by atoms with van der Waals surface area (Å²) in [5.74, 6) is 0.864. The smallest absolute Gasteiger partial charge is 0.166 e. The maximum atomic E-state index is 12.5. The van der Waals surface area contributed by atoms with Crippen molar-refractivity contribution < 1.29 is 13.2 Å². The van der Waals surface area contributed by atoms with Crippen LogP contribution in [0.4, 0.5) is 13.2 Å². The van der Waals surface area contributed by atoms with E-state index in [1.807, 2.05) is 0 Å². The minimum absolute atomic E-state index is 0.361. The van der Waals surface area contributed by atoms with Gasteiger partial charge in [0.15, 0.2) is 0 Å². The van der Waals surface area contributed by atoms with Crippen molar-refractivity contribution in [2.45, 2.75) is 55.9 Å². The van der Waals surface area contributed by atoms with Crippen LogP contribution in [0.25, 0.3) is 0 Å². The first kappa shape index (κ1) is 15.9. The largest absolute Gasteiger partial charge is 0.416 e. The van der Waals surface area contributed by atoms with Crippen LogP contribution in [-0.4, -0.2) is 4.83 Å². The second-order valence-electron chi connectivity index (χ2n) is 5.72. The molecule has 2 rings (SSSR count). The van der Waals surface area contributed by atoms with Gasteiger partial charge in [-0.1, -0.05) is 53.7 Å². The molecular weight excluding hydrogens is 329 g/mol. The first-order chi connectivity index (χ1) is 9.45. The Bertz CT molecular complexity index is 405. The van der Waals surface area contributed by atoms with Gasteiger partial charge in [-0.3, -0.25) is 0 Å². The minimum Gasteiger partial charge on any atom is -0.166 e. The van der Waals surface area contributed by atoms with Gasteiger partial charge in [-0.25, -0.2) is 0 Å². The minimum atomic E-state index is -4.24. The molecule has 0 radical (unpaired) electrons. The van der Waals surface area contributed by atoms with Crippen LogP contribution in [0.15, 0.2) is 24.3 Å². The first-order valence-corrected chi connectivity index (χ1v) is 8.17. The van der Waals surface area contributed by atoms with Gasteiger partial charge in [0, 0.05) is 4.83 Å². The Kier molecular flexibility index (Phi) is 5.53. The van der Waals surface area contributed by atoms with Gasteiger partial charge in [-0.05, 0) is 42.9 Å². The molecule has 1 fully saturated rings. The van der Waals surface area contributed by atoms with Gasteiger partial charge < -0.3 is 0 Å². The van der Waals surface area contributed by atoms with Gasteiger partial charge in [0.2, 0.25) is 0 Å². The molecule has 0 amide bonds. The maximum absolute atomic E-state index is 12.5. The van der Waals surface area contributed by atoms with Crippen molar-refractivity contribution in [3.05, 3.63) is 35.4 Å². The summed E-state index contributed by atoms with van der Waals surface area (Å²) < 4.78 is 37.4. The van der Waals surface area contributed by atoms with E-state index in [2.05, 4.69) is 15.9 Å². The second kappa shape index (κ2) is 6.97. The first-order valence-electron chi connectivity index (χ1n) is 7.25. The van der Waals surface area contributed by atoms with Crippen molar-refractivity contribution in [3.8, 4) is 0 Å². The standard InChI is InChI=1S/C16H20BrF3/c17-15(10-7-12-3-1-2-4-12)11-13-5-8-14(9-6-13)16(18,19)20/h5-6,8-9,12,15H,1-4,7,10-11H2. The number of alkyl halides is 4. The average molecular weight is 349 g/mol. The van der Waals surface area contributed by atoms with E-state index in [4.69, 9.17) is 0 Å². The van der Waals surface area contributed by atoms with E-state index >= 15 is 0 Å². The Labute approximate surface area is 126 Å². The average Bonchev–Trinajstić information content (AvgIpc) is 2.89. The fourth-order valence-corrected chi connectivity index (χ4v) is 3.54. The van der Waals surface area contributed by atoms with Crippen LogP contribution >= 0.6 is 15.9 Å². The highest BCUT2D eigenvalue weighted by Gasteiger charge is 2.29. The highest BCUT2D eigenvalue weighted by molar-refractivity contribution is 9.09. The van der Waals surface area contributed by atoms with Crippen LogP contribution < -0.4 is 0 Å². The van der Waals surface area contributed by atoms with Crippen LogP contribution in [0, 0.1) is 5.92 Å². The molecule has 1 unspecified atom stereocenters. The van der Waals surface area contributed by atoms with Crippen LogP contribution in [0.2, 0.25) is 0 Å². The fourth-order valence-electron chi connectivity index (χ4n) is 2.90. The molecule has 1 saturated carbocycles. The summed E-state index contributed by atoms with van der Waals surface area (Å²) in [6.45, 7) is 0. The zero-order valence-corrected chi connectivity index (χ0v) is 13.0. The van der Waals surface area contributed by atoms with E-state index in [1.165, 1.54) is 44.2 Å². The molecule has 0 nitrogen and oxygen atoms in total. The third-order valence-electron chi connectivity index (χ3n) is 4.10. The SMILES string of the molecule is FC(F)(F)c1ccc(CC(Br)CCC2CCCC2)cc1. The lowest BCUT2D eigenvalue weighted by Gasteiger charge is -2.14. The molecule has 20 heavy (non-hydrogen) atoms. The molecule has 0 aliphatic heterocycles. The lowest BCUT2D eigenvalue weighted by atomic mass is 9.98. The van der Waals surface area contributed by atoms with E-state index in [-0.39, 0.29) is 0 Å². The Hall–Kier alpha value is -0.510. The molecule has 0 heterocycles. The van der Waals surface area contributed by atoms with Crippen LogP contribution in [0.5, 0.6) is 0 Å². The summed E-state index contributed by atoms with van der Waals surface area (Å²) >= 11 is 3.66. The molecule has 112 valence electrons. The van der Waals surface area contributed by atoms with E-state index in [0.29, 0.717) is 4.83 Å². The Morgan fingerprint density at radius 3 is 2.25 bits per heavy atom. The summed E-state index contributed by atoms with van der Waals surface area (Å²) in [7, 11) is 0. The molecule has 0 spiro atoms. The summed E-state index contributed by atoms with van der Waals surface area (Å²) in [5, 5.41) is 0. The second-order valence-corrected chi connectivity index (χ2v) is 7.02. The van der Waals surface area contributed by atoms with Crippen molar-refractivity contribution in [3.63, 3.8) is 0 Å². The van der Waals surface area contributed by atoms with Crippen molar-refractivity contribution in [2.75, 3.05) is 0 Å². The third kappa shape index (κ3) is 4.80. The van der Waals surface area contributed by atoms with Gasteiger partial charge in [-0.2, -0.15) is 13.2 Å². The topological polar surface area (TPSA) is 0 Å². The number of rotatable bonds is 5. The molecule has 0 saturated heterocycles. The van der Waals surface area contributed by atoms with E-state index < -0.39 is 11.7 Å². The van der Waals surface area contributed by atoms with E-state index in [9.17, 15) is 13.2 Å². The molecule has 1 aliphatic rings. The van der Waals surface area contributed by atoms with Crippen molar-refractivity contribution in [2.24, 2.45) is 5.92 Å². The van der Waals surface area contributed by atoms with Crippen molar-refractivity contribution >= 4 is 15.9 Å². The van der Waals surface area contributed by atoms with Gasteiger partial charge in [-0.15, -0.1) is 0 Å². The third-order valence-corrected chi connectivity index (χ3v) is 4.88. The van der Waals surface area contributed by atoms with Crippen LogP contribution in [-0.2, 0) is 12.6 Å². The summed E-state index contributed by atoms with van der Waals surface area (Å²) in [6, 6.07) is 5.53. The molecular formula is C16H20BrF3. The molecule has 0 aromatic heterocycles. The molecule has 1 atom stereocenters. The summed E-state index contributed by atoms with van der Waals surface area (Å²) in [4.78, 5) is 0.361. The zero-order valence-electron chi connectivity index (χ0n) is 11.4. The number of benzene rings is 1. The fraction of sp³-hybridized carbons (Fsp3) is 0.625. The van der Waals surface area contributed by atoms with Gasteiger partial charge in [0.1, 0.15) is 0 Å². The van der Waals surface area contributed by atoms with Gasteiger partial charge in [0.05, 0.1) is 5.56 Å². The molecule has 4 heteroatoms. The molecule has 0 N–H and O–H groups in total. The maximum Gasteiger partial charge on any atom is 0.416 e.